The van der Waals surface area contributed by atoms with Crippen molar-refractivity contribution in [2.75, 3.05) is 0 Å². The van der Waals surface area contributed by atoms with Crippen LogP contribution in [0.25, 0.3) is 0 Å². The van der Waals surface area contributed by atoms with Gasteiger partial charge in [-0.1, -0.05) is 19.3 Å². The van der Waals surface area contributed by atoms with Crippen molar-refractivity contribution in [3.05, 3.63) is 24.3 Å². The van der Waals surface area contributed by atoms with Gasteiger partial charge >= 0.3 is 0 Å². The van der Waals surface area contributed by atoms with E-state index < -0.39 is 0 Å². The molecule has 0 bridgehead atoms. The Labute approximate surface area is 135 Å². The van der Waals surface area contributed by atoms with Crippen LogP contribution in [0.2, 0.25) is 0 Å². The molecular formula is C17H22N2O4. The van der Waals surface area contributed by atoms with Gasteiger partial charge in [0.05, 0.1) is 0 Å². The summed E-state index contributed by atoms with van der Waals surface area (Å²) in [5.74, 6) is -0.672. The molecule has 0 aromatic carbocycles. The first kappa shape index (κ1) is 17.1. The van der Waals surface area contributed by atoms with Crippen molar-refractivity contribution in [2.24, 2.45) is 0 Å². The molecule has 0 atom stereocenters. The van der Waals surface area contributed by atoms with Crippen LogP contribution in [-0.4, -0.2) is 45.5 Å². The monoisotopic (exact) mass is 318 g/mol. The summed E-state index contributed by atoms with van der Waals surface area (Å²) in [7, 11) is 0. The van der Waals surface area contributed by atoms with E-state index in [2.05, 4.69) is 0 Å². The van der Waals surface area contributed by atoms with Crippen LogP contribution in [0.3, 0.4) is 0 Å². The fourth-order valence-corrected chi connectivity index (χ4v) is 3.03. The molecule has 0 N–H and O–H groups in total. The summed E-state index contributed by atoms with van der Waals surface area (Å²) in [4.78, 5) is 46.9. The lowest BCUT2D eigenvalue weighted by Gasteiger charge is -2.29. The van der Waals surface area contributed by atoms with Crippen LogP contribution in [0.15, 0.2) is 24.3 Å². The third-order valence-electron chi connectivity index (χ3n) is 4.14. The lowest BCUT2D eigenvalue weighted by molar-refractivity contribution is -0.141. The molecule has 1 aliphatic carbocycles. The fourth-order valence-electron chi connectivity index (χ4n) is 3.03. The molecule has 3 rings (SSSR count). The number of rotatable bonds is 2. The maximum atomic E-state index is 11.3. The zero-order chi connectivity index (χ0) is 17.0. The number of imide groups is 2. The minimum Gasteiger partial charge on any atom is -0.273 e. The molecule has 2 heterocycles. The van der Waals surface area contributed by atoms with E-state index in [9.17, 15) is 19.2 Å². The molecule has 124 valence electrons. The van der Waals surface area contributed by atoms with E-state index in [4.69, 9.17) is 0 Å². The first-order valence-corrected chi connectivity index (χ1v) is 8.02. The molecule has 23 heavy (non-hydrogen) atoms. The second-order valence-electron chi connectivity index (χ2n) is 6.15. The summed E-state index contributed by atoms with van der Waals surface area (Å²) in [6.45, 7) is 3.62. The van der Waals surface area contributed by atoms with Gasteiger partial charge in [0.25, 0.3) is 23.6 Å². The Balaban J connectivity index is 0.000000174. The van der Waals surface area contributed by atoms with Crippen LogP contribution in [0, 0.1) is 0 Å². The molecule has 6 nitrogen and oxygen atoms in total. The maximum Gasteiger partial charge on any atom is 0.253 e. The summed E-state index contributed by atoms with van der Waals surface area (Å²) < 4.78 is 0. The highest BCUT2D eigenvalue weighted by molar-refractivity contribution is 6.13. The molecule has 4 amide bonds. The average Bonchev–Trinajstić information content (AvgIpc) is 3.03. The lowest BCUT2D eigenvalue weighted by Crippen LogP contribution is -2.41. The van der Waals surface area contributed by atoms with E-state index in [1.807, 2.05) is 13.8 Å². The van der Waals surface area contributed by atoms with Gasteiger partial charge in [-0.25, -0.2) is 0 Å². The van der Waals surface area contributed by atoms with E-state index in [-0.39, 0.29) is 35.7 Å². The molecule has 3 aliphatic rings. The van der Waals surface area contributed by atoms with Gasteiger partial charge < -0.3 is 0 Å². The molecular weight excluding hydrogens is 296 g/mol. The zero-order valence-electron chi connectivity index (χ0n) is 13.5. The van der Waals surface area contributed by atoms with Gasteiger partial charge in [0.1, 0.15) is 0 Å². The number of nitrogens with zero attached hydrogens (tertiary/aromatic N) is 2. The second-order valence-corrected chi connectivity index (χ2v) is 6.15. The van der Waals surface area contributed by atoms with Crippen LogP contribution >= 0.6 is 0 Å². The fraction of sp³-hybridized carbons (Fsp3) is 0.529. The molecule has 1 saturated carbocycles. The van der Waals surface area contributed by atoms with Gasteiger partial charge in [-0.3, -0.25) is 29.0 Å². The van der Waals surface area contributed by atoms with Crippen LogP contribution in [-0.2, 0) is 19.2 Å². The topological polar surface area (TPSA) is 74.8 Å². The zero-order valence-corrected chi connectivity index (χ0v) is 13.5. The standard InChI is InChI=1S/C10H13NO2.C7H9NO2/c12-9-6-7-10(13)11(9)8-4-2-1-3-5-8;1-5(2)8-6(9)3-4-7(8)10/h6-8H,1-5H2;3-5H,1-2H3. The minimum atomic E-state index is -0.208. The van der Waals surface area contributed by atoms with Crippen LogP contribution in [0.1, 0.15) is 46.0 Å². The summed E-state index contributed by atoms with van der Waals surface area (Å²) in [5.41, 5.74) is 0. The van der Waals surface area contributed by atoms with Crippen molar-refractivity contribution in [1.82, 2.24) is 9.80 Å². The van der Waals surface area contributed by atoms with Crippen molar-refractivity contribution in [1.29, 1.82) is 0 Å². The maximum absolute atomic E-state index is 11.3. The largest absolute Gasteiger partial charge is 0.273 e. The number of hydrogen-bond donors (Lipinski definition) is 0. The lowest BCUT2D eigenvalue weighted by atomic mass is 9.94. The molecule has 0 radical (unpaired) electrons. The summed E-state index contributed by atoms with van der Waals surface area (Å²) in [5, 5.41) is 0. The average molecular weight is 318 g/mol. The number of carbonyl (C=O) groups is 4. The predicted molar refractivity (Wildman–Crippen MR) is 84.0 cm³/mol. The number of amides is 4. The molecule has 2 aliphatic heterocycles. The first-order chi connectivity index (χ1) is 10.9. The van der Waals surface area contributed by atoms with Crippen molar-refractivity contribution in [3.63, 3.8) is 0 Å². The predicted octanol–water partition coefficient (Wildman–Crippen LogP) is 1.56. The highest BCUT2D eigenvalue weighted by Crippen LogP contribution is 2.24. The van der Waals surface area contributed by atoms with Gasteiger partial charge in [-0.15, -0.1) is 0 Å². The van der Waals surface area contributed by atoms with Gasteiger partial charge in [0.2, 0.25) is 0 Å². The van der Waals surface area contributed by atoms with Crippen molar-refractivity contribution >= 4 is 23.6 Å². The van der Waals surface area contributed by atoms with Crippen LogP contribution in [0.4, 0.5) is 0 Å². The van der Waals surface area contributed by atoms with E-state index >= 15 is 0 Å². The highest BCUT2D eigenvalue weighted by Gasteiger charge is 2.31. The molecule has 0 unspecified atom stereocenters. The third kappa shape index (κ3) is 3.94. The second kappa shape index (κ2) is 7.35. The van der Waals surface area contributed by atoms with E-state index in [0.717, 1.165) is 25.7 Å². The van der Waals surface area contributed by atoms with Gasteiger partial charge in [-0.05, 0) is 26.7 Å². The highest BCUT2D eigenvalue weighted by atomic mass is 16.2. The summed E-state index contributed by atoms with van der Waals surface area (Å²) in [6, 6.07) is 0.138. The minimum absolute atomic E-state index is 0.0324. The third-order valence-corrected chi connectivity index (χ3v) is 4.14. The number of carbonyl (C=O) groups excluding carboxylic acids is 4. The summed E-state index contributed by atoms with van der Waals surface area (Å²) in [6.07, 6.45) is 10.8. The number of hydrogen-bond acceptors (Lipinski definition) is 4. The Morgan fingerprint density at radius 2 is 1.22 bits per heavy atom. The van der Waals surface area contributed by atoms with Gasteiger partial charge in [0.15, 0.2) is 0 Å². The Kier molecular flexibility index (Phi) is 5.47. The Morgan fingerprint density at radius 1 is 0.783 bits per heavy atom. The Morgan fingerprint density at radius 3 is 1.61 bits per heavy atom. The van der Waals surface area contributed by atoms with E-state index in [1.165, 1.54) is 40.5 Å². The van der Waals surface area contributed by atoms with Crippen LogP contribution < -0.4 is 0 Å². The van der Waals surface area contributed by atoms with Crippen molar-refractivity contribution < 1.29 is 19.2 Å². The quantitative estimate of drug-likeness (QED) is 0.724. The van der Waals surface area contributed by atoms with Crippen molar-refractivity contribution in [2.45, 2.75) is 58.0 Å². The molecule has 0 aromatic rings. The smallest absolute Gasteiger partial charge is 0.253 e. The molecule has 0 saturated heterocycles. The first-order valence-electron chi connectivity index (χ1n) is 8.02. The van der Waals surface area contributed by atoms with E-state index in [1.54, 1.807) is 0 Å². The van der Waals surface area contributed by atoms with Crippen LogP contribution in [0.5, 0.6) is 0 Å². The Bertz CT molecular complexity index is 535. The van der Waals surface area contributed by atoms with Gasteiger partial charge in [0, 0.05) is 36.4 Å². The molecule has 6 heteroatoms. The summed E-state index contributed by atoms with van der Waals surface area (Å²) >= 11 is 0. The molecule has 0 spiro atoms. The molecule has 1 fully saturated rings. The molecule has 0 aromatic heterocycles. The van der Waals surface area contributed by atoms with Gasteiger partial charge in [-0.2, -0.15) is 0 Å². The normalized spacial score (nSPS) is 21.5. The van der Waals surface area contributed by atoms with Crippen molar-refractivity contribution in [3.8, 4) is 0 Å². The SMILES string of the molecule is CC(C)N1C(=O)C=CC1=O.O=C1C=CC(=O)N1C1CCCCC1. The van der Waals surface area contributed by atoms with E-state index in [0.29, 0.717) is 0 Å². The Hall–Kier alpha value is -2.24.